The van der Waals surface area contributed by atoms with Crippen LogP contribution in [0.25, 0.3) is 0 Å². The minimum Gasteiger partial charge on any atom is -0.486 e. The predicted molar refractivity (Wildman–Crippen MR) is 85.0 cm³/mol. The van der Waals surface area contributed by atoms with Gasteiger partial charge in [0.1, 0.15) is 11.9 Å². The van der Waals surface area contributed by atoms with Gasteiger partial charge in [-0.05, 0) is 54.7 Å². The smallest absolute Gasteiger partial charge is 0.121 e. The molecule has 0 spiro atoms. The van der Waals surface area contributed by atoms with Crippen molar-refractivity contribution in [3.8, 4) is 5.75 Å². The lowest BCUT2D eigenvalue weighted by Gasteiger charge is -2.16. The van der Waals surface area contributed by atoms with Crippen molar-refractivity contribution >= 4 is 5.69 Å². The summed E-state index contributed by atoms with van der Waals surface area (Å²) in [5.74, 6) is 1.49. The summed E-state index contributed by atoms with van der Waals surface area (Å²) in [6, 6.07) is 16.2. The van der Waals surface area contributed by atoms with Gasteiger partial charge in [-0.1, -0.05) is 38.1 Å². The fraction of sp³-hybridized carbons (Fsp3) is 0.333. The molecule has 2 heteroatoms. The highest BCUT2D eigenvalue weighted by molar-refractivity contribution is 5.41. The van der Waals surface area contributed by atoms with Crippen LogP contribution in [0.2, 0.25) is 0 Å². The van der Waals surface area contributed by atoms with Crippen LogP contribution in [0, 0.1) is 0 Å². The van der Waals surface area contributed by atoms with Crippen LogP contribution in [-0.4, -0.2) is 0 Å². The summed E-state index contributed by atoms with van der Waals surface area (Å²) in [6.45, 7) is 6.49. The van der Waals surface area contributed by atoms with Crippen LogP contribution in [0.3, 0.4) is 0 Å². The molecule has 0 aromatic heterocycles. The summed E-state index contributed by atoms with van der Waals surface area (Å²) >= 11 is 0. The molecule has 0 saturated heterocycles. The number of hydrogen-bond acceptors (Lipinski definition) is 2. The first kappa shape index (κ1) is 14.4. The maximum absolute atomic E-state index is 5.97. The molecule has 2 nitrogen and oxygen atoms in total. The Hall–Kier alpha value is -1.96. The summed E-state index contributed by atoms with van der Waals surface area (Å²) in [7, 11) is 0. The second-order valence-corrected chi connectivity index (χ2v) is 5.31. The Labute approximate surface area is 121 Å². The standard InChI is InChI=1S/C18H23NO/c1-4-13(2)15-8-10-18(11-9-15)20-14(3)16-6-5-7-17(19)12-16/h5-14H,4,19H2,1-3H3. The van der Waals surface area contributed by atoms with Crippen molar-refractivity contribution in [2.24, 2.45) is 0 Å². The average molecular weight is 269 g/mol. The normalized spacial score (nSPS) is 13.8. The van der Waals surface area contributed by atoms with Gasteiger partial charge in [0, 0.05) is 5.69 Å². The van der Waals surface area contributed by atoms with Crippen molar-refractivity contribution in [1.29, 1.82) is 0 Å². The summed E-state index contributed by atoms with van der Waals surface area (Å²) < 4.78 is 5.97. The van der Waals surface area contributed by atoms with Crippen LogP contribution in [0.5, 0.6) is 5.75 Å². The lowest BCUT2D eigenvalue weighted by Crippen LogP contribution is -2.03. The molecule has 0 amide bonds. The van der Waals surface area contributed by atoms with Gasteiger partial charge in [0.05, 0.1) is 0 Å². The fourth-order valence-electron chi connectivity index (χ4n) is 2.19. The topological polar surface area (TPSA) is 35.2 Å². The van der Waals surface area contributed by atoms with Crippen LogP contribution < -0.4 is 10.5 Å². The quantitative estimate of drug-likeness (QED) is 0.782. The molecule has 2 N–H and O–H groups in total. The number of ether oxygens (including phenoxy) is 1. The molecule has 0 aliphatic rings. The lowest BCUT2D eigenvalue weighted by atomic mass is 9.99. The van der Waals surface area contributed by atoms with E-state index in [2.05, 4.69) is 26.0 Å². The molecule has 0 bridgehead atoms. The second-order valence-electron chi connectivity index (χ2n) is 5.31. The molecule has 2 rings (SSSR count). The second kappa shape index (κ2) is 6.47. The Morgan fingerprint density at radius 3 is 2.30 bits per heavy atom. The van der Waals surface area contributed by atoms with Crippen LogP contribution in [0.15, 0.2) is 48.5 Å². The molecule has 2 unspecified atom stereocenters. The van der Waals surface area contributed by atoms with E-state index in [0.717, 1.165) is 23.4 Å². The van der Waals surface area contributed by atoms with E-state index in [0.29, 0.717) is 5.92 Å². The Morgan fingerprint density at radius 1 is 1.00 bits per heavy atom. The van der Waals surface area contributed by atoms with Gasteiger partial charge in [0.25, 0.3) is 0 Å². The predicted octanol–water partition coefficient (Wildman–Crippen LogP) is 4.92. The van der Waals surface area contributed by atoms with Crippen molar-refractivity contribution in [3.05, 3.63) is 59.7 Å². The first-order valence-electron chi connectivity index (χ1n) is 7.22. The maximum Gasteiger partial charge on any atom is 0.121 e. The van der Waals surface area contributed by atoms with E-state index >= 15 is 0 Å². The molecule has 2 aromatic rings. The van der Waals surface area contributed by atoms with Crippen LogP contribution in [-0.2, 0) is 0 Å². The van der Waals surface area contributed by atoms with Gasteiger partial charge < -0.3 is 10.5 Å². The number of rotatable bonds is 5. The van der Waals surface area contributed by atoms with Crippen molar-refractivity contribution < 1.29 is 4.74 Å². The zero-order valence-electron chi connectivity index (χ0n) is 12.5. The fourth-order valence-corrected chi connectivity index (χ4v) is 2.19. The number of nitrogens with two attached hydrogens (primary N) is 1. The van der Waals surface area contributed by atoms with E-state index in [-0.39, 0.29) is 6.10 Å². The molecule has 20 heavy (non-hydrogen) atoms. The average Bonchev–Trinajstić information content (AvgIpc) is 2.47. The third-order valence-corrected chi connectivity index (χ3v) is 3.75. The van der Waals surface area contributed by atoms with Gasteiger partial charge in [0.15, 0.2) is 0 Å². The summed E-state index contributed by atoms with van der Waals surface area (Å²) in [5, 5.41) is 0. The van der Waals surface area contributed by atoms with Gasteiger partial charge >= 0.3 is 0 Å². The molecule has 0 aliphatic heterocycles. The Balaban J connectivity index is 2.06. The molecule has 2 aromatic carbocycles. The van der Waals surface area contributed by atoms with Crippen molar-refractivity contribution in [2.45, 2.75) is 39.2 Å². The van der Waals surface area contributed by atoms with E-state index < -0.39 is 0 Å². The molecule has 0 aliphatic carbocycles. The minimum absolute atomic E-state index is 0.00653. The van der Waals surface area contributed by atoms with Crippen molar-refractivity contribution in [1.82, 2.24) is 0 Å². The van der Waals surface area contributed by atoms with E-state index in [9.17, 15) is 0 Å². The Bertz CT molecular complexity index is 548. The lowest BCUT2D eigenvalue weighted by molar-refractivity contribution is 0.227. The highest BCUT2D eigenvalue weighted by atomic mass is 16.5. The minimum atomic E-state index is -0.00653. The van der Waals surface area contributed by atoms with Crippen molar-refractivity contribution in [2.75, 3.05) is 5.73 Å². The van der Waals surface area contributed by atoms with E-state index in [1.807, 2.05) is 43.3 Å². The van der Waals surface area contributed by atoms with Crippen LogP contribution >= 0.6 is 0 Å². The molecule has 0 heterocycles. The van der Waals surface area contributed by atoms with Gasteiger partial charge in [-0.2, -0.15) is 0 Å². The Kier molecular flexibility index (Phi) is 4.67. The summed E-state index contributed by atoms with van der Waals surface area (Å²) in [6.07, 6.45) is 1.15. The summed E-state index contributed by atoms with van der Waals surface area (Å²) in [4.78, 5) is 0. The zero-order valence-corrected chi connectivity index (χ0v) is 12.5. The Morgan fingerprint density at radius 2 is 1.70 bits per heavy atom. The third kappa shape index (κ3) is 3.53. The molecular formula is C18H23NO. The number of nitrogen functional groups attached to an aromatic ring is 1. The van der Waals surface area contributed by atoms with Crippen LogP contribution in [0.4, 0.5) is 5.69 Å². The van der Waals surface area contributed by atoms with E-state index in [1.54, 1.807) is 0 Å². The van der Waals surface area contributed by atoms with Gasteiger partial charge in [0.2, 0.25) is 0 Å². The monoisotopic (exact) mass is 269 g/mol. The molecule has 0 fully saturated rings. The SMILES string of the molecule is CCC(C)c1ccc(OC(C)c2cccc(N)c2)cc1. The number of hydrogen-bond donors (Lipinski definition) is 1. The summed E-state index contributed by atoms with van der Waals surface area (Å²) in [5.41, 5.74) is 9.02. The molecular weight excluding hydrogens is 246 g/mol. The number of anilines is 1. The highest BCUT2D eigenvalue weighted by Gasteiger charge is 2.08. The first-order chi connectivity index (χ1) is 9.60. The largest absolute Gasteiger partial charge is 0.486 e. The molecule has 0 saturated carbocycles. The van der Waals surface area contributed by atoms with Crippen molar-refractivity contribution in [3.63, 3.8) is 0 Å². The van der Waals surface area contributed by atoms with Gasteiger partial charge in [-0.15, -0.1) is 0 Å². The highest BCUT2D eigenvalue weighted by Crippen LogP contribution is 2.25. The third-order valence-electron chi connectivity index (χ3n) is 3.75. The van der Waals surface area contributed by atoms with E-state index in [1.165, 1.54) is 5.56 Å². The first-order valence-corrected chi connectivity index (χ1v) is 7.22. The molecule has 106 valence electrons. The molecule has 2 atom stereocenters. The van der Waals surface area contributed by atoms with Crippen LogP contribution in [0.1, 0.15) is 50.3 Å². The molecule has 0 radical (unpaired) electrons. The van der Waals surface area contributed by atoms with Gasteiger partial charge in [-0.25, -0.2) is 0 Å². The number of benzene rings is 2. The van der Waals surface area contributed by atoms with Gasteiger partial charge in [-0.3, -0.25) is 0 Å². The van der Waals surface area contributed by atoms with E-state index in [4.69, 9.17) is 10.5 Å². The maximum atomic E-state index is 5.97. The zero-order chi connectivity index (χ0) is 14.5.